The minimum absolute atomic E-state index is 0.225. The summed E-state index contributed by atoms with van der Waals surface area (Å²) >= 11 is 1.60. The van der Waals surface area contributed by atoms with Crippen molar-refractivity contribution in [2.45, 2.75) is 19.9 Å². The average molecular weight is 280 g/mol. The number of carbonyl (C=O) groups excluding carboxylic acids is 1. The SMILES string of the molecule is Cc1csc(CCNC(=O)c2cn(CCN)nn2)n1. The van der Waals surface area contributed by atoms with Crippen LogP contribution in [0.1, 0.15) is 21.2 Å². The van der Waals surface area contributed by atoms with E-state index >= 15 is 0 Å². The number of nitrogens with zero attached hydrogens (tertiary/aromatic N) is 4. The predicted molar refractivity (Wildman–Crippen MR) is 72.0 cm³/mol. The van der Waals surface area contributed by atoms with Crippen LogP contribution in [0.5, 0.6) is 0 Å². The highest BCUT2D eigenvalue weighted by molar-refractivity contribution is 7.09. The van der Waals surface area contributed by atoms with Crippen LogP contribution in [-0.4, -0.2) is 39.0 Å². The summed E-state index contributed by atoms with van der Waals surface area (Å²) in [6, 6.07) is 0. The first kappa shape index (κ1) is 13.6. The number of rotatable bonds is 6. The summed E-state index contributed by atoms with van der Waals surface area (Å²) in [6.45, 7) is 3.51. The van der Waals surface area contributed by atoms with Gasteiger partial charge in [-0.3, -0.25) is 9.48 Å². The molecular formula is C11H16N6OS. The second-order valence-corrected chi connectivity index (χ2v) is 4.99. The van der Waals surface area contributed by atoms with Crippen molar-refractivity contribution >= 4 is 17.2 Å². The normalized spacial score (nSPS) is 10.6. The highest BCUT2D eigenvalue weighted by atomic mass is 32.1. The van der Waals surface area contributed by atoms with Gasteiger partial charge in [0, 0.05) is 30.6 Å². The summed E-state index contributed by atoms with van der Waals surface area (Å²) in [6.07, 6.45) is 2.32. The van der Waals surface area contributed by atoms with E-state index in [1.165, 1.54) is 0 Å². The van der Waals surface area contributed by atoms with Gasteiger partial charge in [0.25, 0.3) is 5.91 Å². The minimum Gasteiger partial charge on any atom is -0.350 e. The van der Waals surface area contributed by atoms with Crippen LogP contribution in [-0.2, 0) is 13.0 Å². The second kappa shape index (κ2) is 6.39. The summed E-state index contributed by atoms with van der Waals surface area (Å²) in [4.78, 5) is 16.1. The first-order valence-corrected chi connectivity index (χ1v) is 6.86. The molecule has 8 heteroatoms. The first-order chi connectivity index (χ1) is 9.19. The Morgan fingerprint density at radius 1 is 1.58 bits per heavy atom. The summed E-state index contributed by atoms with van der Waals surface area (Å²) in [5.74, 6) is -0.225. The molecule has 7 nitrogen and oxygen atoms in total. The standard InChI is InChI=1S/C11H16N6OS/c1-8-7-19-10(14-8)2-4-13-11(18)9-6-17(5-3-12)16-15-9/h6-7H,2-5,12H2,1H3,(H,13,18). The molecular weight excluding hydrogens is 264 g/mol. The second-order valence-electron chi connectivity index (χ2n) is 4.04. The number of aromatic nitrogens is 4. The third-order valence-corrected chi connectivity index (χ3v) is 3.45. The van der Waals surface area contributed by atoms with E-state index in [9.17, 15) is 4.79 Å². The third kappa shape index (κ3) is 3.83. The lowest BCUT2D eigenvalue weighted by atomic mass is 10.4. The van der Waals surface area contributed by atoms with Crippen molar-refractivity contribution in [2.75, 3.05) is 13.1 Å². The Labute approximate surface area is 114 Å². The molecule has 0 aliphatic carbocycles. The van der Waals surface area contributed by atoms with Crippen molar-refractivity contribution < 1.29 is 4.79 Å². The van der Waals surface area contributed by atoms with Gasteiger partial charge in [-0.25, -0.2) is 4.98 Å². The van der Waals surface area contributed by atoms with Gasteiger partial charge < -0.3 is 11.1 Å². The van der Waals surface area contributed by atoms with Gasteiger partial charge in [-0.15, -0.1) is 16.4 Å². The third-order valence-electron chi connectivity index (χ3n) is 2.42. The molecule has 0 aliphatic rings. The van der Waals surface area contributed by atoms with Gasteiger partial charge >= 0.3 is 0 Å². The molecule has 0 radical (unpaired) electrons. The van der Waals surface area contributed by atoms with E-state index in [0.29, 0.717) is 25.3 Å². The molecule has 3 N–H and O–H groups in total. The van der Waals surface area contributed by atoms with Crippen LogP contribution in [0.15, 0.2) is 11.6 Å². The molecule has 0 saturated heterocycles. The fourth-order valence-electron chi connectivity index (χ4n) is 1.54. The van der Waals surface area contributed by atoms with E-state index in [1.807, 2.05) is 12.3 Å². The van der Waals surface area contributed by atoms with Crippen LogP contribution in [0.3, 0.4) is 0 Å². The van der Waals surface area contributed by atoms with E-state index in [4.69, 9.17) is 5.73 Å². The van der Waals surface area contributed by atoms with E-state index in [-0.39, 0.29) is 5.91 Å². The highest BCUT2D eigenvalue weighted by Crippen LogP contribution is 2.08. The van der Waals surface area contributed by atoms with Gasteiger partial charge in [0.2, 0.25) is 0 Å². The Morgan fingerprint density at radius 2 is 2.42 bits per heavy atom. The van der Waals surface area contributed by atoms with E-state index in [1.54, 1.807) is 22.2 Å². The average Bonchev–Trinajstić information content (AvgIpc) is 2.99. The molecule has 0 bridgehead atoms. The number of nitrogens with one attached hydrogen (secondary N) is 1. The zero-order chi connectivity index (χ0) is 13.7. The number of aryl methyl sites for hydroxylation is 1. The van der Waals surface area contributed by atoms with Crippen molar-refractivity contribution in [1.82, 2.24) is 25.3 Å². The van der Waals surface area contributed by atoms with Crippen molar-refractivity contribution in [3.63, 3.8) is 0 Å². The number of hydrogen-bond donors (Lipinski definition) is 2. The molecule has 0 unspecified atom stereocenters. The van der Waals surface area contributed by atoms with Gasteiger partial charge in [-0.05, 0) is 6.92 Å². The van der Waals surface area contributed by atoms with Gasteiger partial charge in [0.05, 0.1) is 17.7 Å². The van der Waals surface area contributed by atoms with Crippen molar-refractivity contribution in [1.29, 1.82) is 0 Å². The van der Waals surface area contributed by atoms with Crippen LogP contribution >= 0.6 is 11.3 Å². The Kier molecular flexibility index (Phi) is 4.58. The maximum Gasteiger partial charge on any atom is 0.273 e. The van der Waals surface area contributed by atoms with Gasteiger partial charge in [-0.1, -0.05) is 5.21 Å². The van der Waals surface area contributed by atoms with E-state index in [0.717, 1.165) is 17.1 Å². The summed E-state index contributed by atoms with van der Waals surface area (Å²) in [5.41, 5.74) is 6.72. The number of carbonyl (C=O) groups is 1. The maximum atomic E-state index is 11.8. The Hall–Kier alpha value is -1.80. The van der Waals surface area contributed by atoms with Crippen molar-refractivity contribution in [3.05, 3.63) is 28.0 Å². The number of nitrogens with two attached hydrogens (primary N) is 1. The van der Waals surface area contributed by atoms with Crippen LogP contribution in [0.25, 0.3) is 0 Å². The highest BCUT2D eigenvalue weighted by Gasteiger charge is 2.10. The van der Waals surface area contributed by atoms with Crippen LogP contribution in [0.2, 0.25) is 0 Å². The lowest BCUT2D eigenvalue weighted by Crippen LogP contribution is -2.26. The van der Waals surface area contributed by atoms with Crippen LogP contribution < -0.4 is 11.1 Å². The fraction of sp³-hybridized carbons (Fsp3) is 0.455. The molecule has 19 heavy (non-hydrogen) atoms. The maximum absolute atomic E-state index is 11.8. The van der Waals surface area contributed by atoms with E-state index < -0.39 is 0 Å². The topological polar surface area (TPSA) is 98.7 Å². The van der Waals surface area contributed by atoms with Gasteiger partial charge in [0.15, 0.2) is 5.69 Å². The Balaban J connectivity index is 1.80. The molecule has 0 saturated carbocycles. The molecule has 2 aromatic heterocycles. The molecule has 0 aromatic carbocycles. The molecule has 1 amide bonds. The molecule has 0 fully saturated rings. The summed E-state index contributed by atoms with van der Waals surface area (Å²) in [7, 11) is 0. The lowest BCUT2D eigenvalue weighted by Gasteiger charge is -2.00. The fourth-order valence-corrected chi connectivity index (χ4v) is 2.31. The first-order valence-electron chi connectivity index (χ1n) is 5.98. The smallest absolute Gasteiger partial charge is 0.273 e. The predicted octanol–water partition coefficient (Wildman–Crippen LogP) is -0.0258. The quantitative estimate of drug-likeness (QED) is 0.774. The number of amides is 1. The molecule has 0 spiro atoms. The summed E-state index contributed by atoms with van der Waals surface area (Å²) in [5, 5.41) is 13.4. The van der Waals surface area contributed by atoms with E-state index in [2.05, 4.69) is 20.6 Å². The summed E-state index contributed by atoms with van der Waals surface area (Å²) < 4.78 is 1.55. The Morgan fingerprint density at radius 3 is 3.11 bits per heavy atom. The van der Waals surface area contributed by atoms with Gasteiger partial charge in [-0.2, -0.15) is 0 Å². The number of hydrogen-bond acceptors (Lipinski definition) is 6. The zero-order valence-electron chi connectivity index (χ0n) is 10.7. The monoisotopic (exact) mass is 280 g/mol. The van der Waals surface area contributed by atoms with Crippen LogP contribution in [0, 0.1) is 6.92 Å². The molecule has 0 aliphatic heterocycles. The lowest BCUT2D eigenvalue weighted by molar-refractivity contribution is 0.0949. The molecule has 0 atom stereocenters. The molecule has 2 heterocycles. The molecule has 102 valence electrons. The Bertz CT molecular complexity index is 549. The van der Waals surface area contributed by atoms with Gasteiger partial charge in [0.1, 0.15) is 0 Å². The number of thiazole rings is 1. The van der Waals surface area contributed by atoms with Crippen molar-refractivity contribution in [2.24, 2.45) is 5.73 Å². The van der Waals surface area contributed by atoms with Crippen LogP contribution in [0.4, 0.5) is 0 Å². The molecule has 2 rings (SSSR count). The van der Waals surface area contributed by atoms with Crippen molar-refractivity contribution in [3.8, 4) is 0 Å². The zero-order valence-corrected chi connectivity index (χ0v) is 11.5. The molecule has 2 aromatic rings. The largest absolute Gasteiger partial charge is 0.350 e. The minimum atomic E-state index is -0.225.